The zero-order valence-corrected chi connectivity index (χ0v) is 18.2. The van der Waals surface area contributed by atoms with Crippen molar-refractivity contribution in [1.82, 2.24) is 5.32 Å². The largest absolute Gasteiger partial charge is 0.452 e. The third-order valence-corrected chi connectivity index (χ3v) is 5.68. The lowest BCUT2D eigenvalue weighted by molar-refractivity contribution is -0.125. The molecule has 2 N–H and O–H groups in total. The molecule has 7 heteroatoms. The number of allylic oxidation sites excluding steroid dienone is 1. The van der Waals surface area contributed by atoms with Gasteiger partial charge in [0.25, 0.3) is 5.91 Å². The number of hydrogen-bond acceptors (Lipinski definition) is 5. The summed E-state index contributed by atoms with van der Waals surface area (Å²) in [6.07, 6.45) is 3.69. The molecule has 6 nitrogen and oxygen atoms in total. The maximum Gasteiger partial charge on any atom is 0.342 e. The number of carbonyl (C=O) groups is 3. The van der Waals surface area contributed by atoms with Crippen LogP contribution in [0.4, 0.5) is 5.00 Å². The molecule has 1 aliphatic rings. The van der Waals surface area contributed by atoms with Gasteiger partial charge in [0.2, 0.25) is 5.91 Å². The molecule has 3 rings (SSSR count). The average molecular weight is 427 g/mol. The fourth-order valence-electron chi connectivity index (χ4n) is 3.11. The Hall–Kier alpha value is -2.93. The number of esters is 1. The maximum absolute atomic E-state index is 12.9. The van der Waals surface area contributed by atoms with Crippen LogP contribution in [0.3, 0.4) is 0 Å². The normalized spacial score (nSPS) is 13.8. The summed E-state index contributed by atoms with van der Waals surface area (Å²) in [6.45, 7) is 5.24. The third-order valence-electron chi connectivity index (χ3n) is 4.79. The molecule has 1 heterocycles. The van der Waals surface area contributed by atoms with E-state index in [4.69, 9.17) is 4.74 Å². The van der Waals surface area contributed by atoms with Crippen molar-refractivity contribution in [1.29, 1.82) is 0 Å². The molecule has 1 fully saturated rings. The molecule has 1 aromatic heterocycles. The molecule has 0 radical (unpaired) electrons. The zero-order chi connectivity index (χ0) is 21.7. The SMILES string of the molecule is CC(C)=CC(=O)Nc1scc(-c2ccccc2)c1C(=O)OCC(=O)NC(C)C1CC1. The molecule has 30 heavy (non-hydrogen) atoms. The molecule has 0 saturated heterocycles. The molecular formula is C23H26N2O4S. The second-order valence-corrected chi connectivity index (χ2v) is 8.58. The van der Waals surface area contributed by atoms with Gasteiger partial charge in [-0.1, -0.05) is 35.9 Å². The molecule has 2 aromatic rings. The van der Waals surface area contributed by atoms with Gasteiger partial charge in [0.05, 0.1) is 0 Å². The molecule has 1 aromatic carbocycles. The lowest BCUT2D eigenvalue weighted by Gasteiger charge is -2.13. The molecule has 1 saturated carbocycles. The lowest BCUT2D eigenvalue weighted by atomic mass is 10.0. The van der Waals surface area contributed by atoms with Gasteiger partial charge in [0.1, 0.15) is 10.6 Å². The van der Waals surface area contributed by atoms with Crippen molar-refractivity contribution in [2.75, 3.05) is 11.9 Å². The number of hydrogen-bond donors (Lipinski definition) is 2. The summed E-state index contributed by atoms with van der Waals surface area (Å²) in [6, 6.07) is 9.47. The van der Waals surface area contributed by atoms with Gasteiger partial charge in [-0.25, -0.2) is 4.79 Å². The Balaban J connectivity index is 1.78. The van der Waals surface area contributed by atoms with E-state index in [1.54, 1.807) is 5.38 Å². The molecule has 1 aliphatic carbocycles. The van der Waals surface area contributed by atoms with Gasteiger partial charge in [-0.15, -0.1) is 11.3 Å². The molecule has 0 aliphatic heterocycles. The van der Waals surface area contributed by atoms with Gasteiger partial charge < -0.3 is 15.4 Å². The Bertz CT molecular complexity index is 957. The van der Waals surface area contributed by atoms with E-state index in [1.165, 1.54) is 17.4 Å². The van der Waals surface area contributed by atoms with E-state index in [2.05, 4.69) is 10.6 Å². The minimum absolute atomic E-state index is 0.0798. The van der Waals surface area contributed by atoms with Crippen molar-refractivity contribution in [3.05, 3.63) is 52.9 Å². The van der Waals surface area contributed by atoms with E-state index in [0.717, 1.165) is 24.0 Å². The van der Waals surface area contributed by atoms with Gasteiger partial charge >= 0.3 is 5.97 Å². The summed E-state index contributed by atoms with van der Waals surface area (Å²) in [7, 11) is 0. The monoisotopic (exact) mass is 426 g/mol. The van der Waals surface area contributed by atoms with E-state index in [-0.39, 0.29) is 30.0 Å². The maximum atomic E-state index is 12.9. The summed E-state index contributed by atoms with van der Waals surface area (Å²) < 4.78 is 5.30. The first-order valence-electron chi connectivity index (χ1n) is 9.94. The molecule has 0 bridgehead atoms. The number of carbonyl (C=O) groups excluding carboxylic acids is 3. The topological polar surface area (TPSA) is 84.5 Å². The number of rotatable bonds is 8. The van der Waals surface area contributed by atoms with Crippen molar-refractivity contribution in [2.45, 2.75) is 39.7 Å². The first-order valence-corrected chi connectivity index (χ1v) is 10.8. The number of amides is 2. The quantitative estimate of drug-likeness (QED) is 0.484. The molecule has 158 valence electrons. The smallest absolute Gasteiger partial charge is 0.342 e. The predicted octanol–water partition coefficient (Wildman–Crippen LogP) is 4.39. The van der Waals surface area contributed by atoms with Crippen LogP contribution in [0.5, 0.6) is 0 Å². The second kappa shape index (κ2) is 9.71. The van der Waals surface area contributed by atoms with Crippen molar-refractivity contribution in [3.8, 4) is 11.1 Å². The number of benzene rings is 1. The Labute approximate surface area is 180 Å². The fraction of sp³-hybridized carbons (Fsp3) is 0.348. The summed E-state index contributed by atoms with van der Waals surface area (Å²) in [5, 5.41) is 7.83. The predicted molar refractivity (Wildman–Crippen MR) is 118 cm³/mol. The van der Waals surface area contributed by atoms with Crippen molar-refractivity contribution < 1.29 is 19.1 Å². The van der Waals surface area contributed by atoms with Crippen LogP contribution >= 0.6 is 11.3 Å². The molecular weight excluding hydrogens is 400 g/mol. The summed E-state index contributed by atoms with van der Waals surface area (Å²) >= 11 is 1.25. The summed E-state index contributed by atoms with van der Waals surface area (Å²) in [5.41, 5.74) is 2.59. The Morgan fingerprint density at radius 1 is 1.20 bits per heavy atom. The van der Waals surface area contributed by atoms with Crippen molar-refractivity contribution in [2.24, 2.45) is 5.92 Å². The van der Waals surface area contributed by atoms with Gasteiger partial charge in [-0.05, 0) is 45.1 Å². The molecule has 2 amide bonds. The van der Waals surface area contributed by atoms with Crippen LogP contribution in [-0.2, 0) is 14.3 Å². The standard InChI is InChI=1S/C23H26N2O4S/c1-14(2)11-19(26)25-22-21(18(13-30-22)17-7-5-4-6-8-17)23(28)29-12-20(27)24-15(3)16-9-10-16/h4-8,11,13,15-16H,9-10,12H2,1-3H3,(H,24,27)(H,25,26). The third kappa shape index (κ3) is 5.79. The highest BCUT2D eigenvalue weighted by Crippen LogP contribution is 2.36. The highest BCUT2D eigenvalue weighted by atomic mass is 32.1. The van der Waals surface area contributed by atoms with Crippen LogP contribution in [0.2, 0.25) is 0 Å². The van der Waals surface area contributed by atoms with Crippen molar-refractivity contribution >= 4 is 34.1 Å². The van der Waals surface area contributed by atoms with Gasteiger partial charge in [0.15, 0.2) is 6.61 Å². The first-order chi connectivity index (χ1) is 14.3. The summed E-state index contributed by atoms with van der Waals surface area (Å²) in [4.78, 5) is 37.2. The van der Waals surface area contributed by atoms with Gasteiger partial charge in [-0.2, -0.15) is 0 Å². The highest BCUT2D eigenvalue weighted by Gasteiger charge is 2.29. The van der Waals surface area contributed by atoms with E-state index < -0.39 is 5.97 Å². The van der Waals surface area contributed by atoms with E-state index in [1.807, 2.05) is 51.1 Å². The number of anilines is 1. The Morgan fingerprint density at radius 3 is 2.53 bits per heavy atom. The van der Waals surface area contributed by atoms with Crippen LogP contribution in [-0.4, -0.2) is 30.4 Å². The van der Waals surface area contributed by atoms with Crippen LogP contribution < -0.4 is 10.6 Å². The van der Waals surface area contributed by atoms with Crippen LogP contribution in [0.15, 0.2) is 47.4 Å². The van der Waals surface area contributed by atoms with Crippen LogP contribution in [0.1, 0.15) is 44.0 Å². The van der Waals surface area contributed by atoms with E-state index in [9.17, 15) is 14.4 Å². The van der Waals surface area contributed by atoms with Crippen LogP contribution in [0.25, 0.3) is 11.1 Å². The Kier molecular flexibility index (Phi) is 7.05. The number of nitrogens with one attached hydrogen (secondary N) is 2. The molecule has 1 atom stereocenters. The first kappa shape index (κ1) is 21.8. The Morgan fingerprint density at radius 2 is 1.90 bits per heavy atom. The zero-order valence-electron chi connectivity index (χ0n) is 17.4. The molecule has 0 spiro atoms. The van der Waals surface area contributed by atoms with Gasteiger partial charge in [-0.3, -0.25) is 9.59 Å². The molecule has 1 unspecified atom stereocenters. The van der Waals surface area contributed by atoms with Crippen molar-refractivity contribution in [3.63, 3.8) is 0 Å². The van der Waals surface area contributed by atoms with Crippen LogP contribution in [0, 0.1) is 5.92 Å². The minimum atomic E-state index is -0.642. The highest BCUT2D eigenvalue weighted by molar-refractivity contribution is 7.15. The van der Waals surface area contributed by atoms with E-state index >= 15 is 0 Å². The minimum Gasteiger partial charge on any atom is -0.452 e. The number of ether oxygens (including phenoxy) is 1. The van der Waals surface area contributed by atoms with E-state index in [0.29, 0.717) is 16.5 Å². The second-order valence-electron chi connectivity index (χ2n) is 7.70. The lowest BCUT2D eigenvalue weighted by Crippen LogP contribution is -2.37. The van der Waals surface area contributed by atoms with Gasteiger partial charge in [0, 0.05) is 23.1 Å². The fourth-order valence-corrected chi connectivity index (χ4v) is 4.07. The average Bonchev–Trinajstić information content (AvgIpc) is 3.47. The summed E-state index contributed by atoms with van der Waals surface area (Å²) in [5.74, 6) is -0.768. The number of thiophene rings is 1.